The maximum Gasteiger partial charge on any atom is 0.234 e. The summed E-state index contributed by atoms with van der Waals surface area (Å²) in [7, 11) is 0. The number of amides is 3. The summed E-state index contributed by atoms with van der Waals surface area (Å²) in [6.45, 7) is 5.62. The number of anilines is 2. The van der Waals surface area contributed by atoms with E-state index in [1.807, 2.05) is 36.4 Å². The molecule has 5 aliphatic rings. The van der Waals surface area contributed by atoms with E-state index in [0.29, 0.717) is 55.9 Å². The normalized spacial score (nSPS) is 23.6. The number of carbonyl (C=O) groups is 3. The summed E-state index contributed by atoms with van der Waals surface area (Å²) >= 11 is 0. The lowest BCUT2D eigenvalue weighted by Gasteiger charge is -2.56. The van der Waals surface area contributed by atoms with Gasteiger partial charge in [0.2, 0.25) is 17.7 Å². The highest BCUT2D eigenvalue weighted by Gasteiger charge is 2.49. The van der Waals surface area contributed by atoms with Crippen LogP contribution in [0.15, 0.2) is 91.1 Å². The number of hydrogen-bond acceptors (Lipinski definition) is 9. The molecule has 2 atom stereocenters. The number of phenolic OH excluding ortho intramolecular Hbond substituents is 1. The number of aromatic nitrogens is 2. The second-order valence-corrected chi connectivity index (χ2v) is 17.5. The SMILES string of the molecule is O=C1CC[C@H](c2ccc(N3CCC(CN4CCC(NC(=O)C5(c6ccccc6)CCN(c6cnnc(-c7ccccc7O)c6)CC5)CC45CCC5)CC3)cc2)C(=O)N1. The number of nitrogens with one attached hydrogen (secondary N) is 2. The van der Waals surface area contributed by atoms with Crippen molar-refractivity contribution in [2.45, 2.75) is 93.5 Å². The van der Waals surface area contributed by atoms with Crippen molar-refractivity contribution >= 4 is 29.1 Å². The summed E-state index contributed by atoms with van der Waals surface area (Å²) in [5.74, 6) is 0.376. The van der Waals surface area contributed by atoms with E-state index < -0.39 is 5.41 Å². The van der Waals surface area contributed by atoms with Gasteiger partial charge >= 0.3 is 0 Å². The zero-order chi connectivity index (χ0) is 39.7. The van der Waals surface area contributed by atoms with E-state index in [0.717, 1.165) is 68.7 Å². The van der Waals surface area contributed by atoms with Gasteiger partial charge in [0.05, 0.1) is 28.9 Å². The molecule has 11 nitrogen and oxygen atoms in total. The Balaban J connectivity index is 0.809. The Morgan fingerprint density at radius 2 is 1.53 bits per heavy atom. The van der Waals surface area contributed by atoms with Gasteiger partial charge in [-0.05, 0) is 112 Å². The molecule has 3 N–H and O–H groups in total. The number of phenols is 1. The quantitative estimate of drug-likeness (QED) is 0.167. The molecule has 4 saturated heterocycles. The first kappa shape index (κ1) is 38.2. The zero-order valence-electron chi connectivity index (χ0n) is 33.3. The number of imide groups is 1. The van der Waals surface area contributed by atoms with Gasteiger partial charge in [0.25, 0.3) is 0 Å². The van der Waals surface area contributed by atoms with Crippen LogP contribution in [-0.2, 0) is 19.8 Å². The largest absolute Gasteiger partial charge is 0.507 e. The molecule has 58 heavy (non-hydrogen) atoms. The molecule has 5 fully saturated rings. The molecule has 0 radical (unpaired) electrons. The lowest BCUT2D eigenvalue weighted by Crippen LogP contribution is -2.64. The van der Waals surface area contributed by atoms with Crippen LogP contribution in [0.5, 0.6) is 5.75 Å². The van der Waals surface area contributed by atoms with E-state index in [1.54, 1.807) is 18.3 Å². The Morgan fingerprint density at radius 1 is 0.810 bits per heavy atom. The highest BCUT2D eigenvalue weighted by Crippen LogP contribution is 2.46. The van der Waals surface area contributed by atoms with E-state index in [4.69, 9.17) is 0 Å². The molecule has 1 unspecified atom stereocenters. The molecule has 11 heteroatoms. The number of para-hydroxylation sites is 1. The topological polar surface area (TPSA) is 131 Å². The van der Waals surface area contributed by atoms with Gasteiger partial charge in [-0.1, -0.05) is 54.6 Å². The minimum atomic E-state index is -0.609. The summed E-state index contributed by atoms with van der Waals surface area (Å²) in [4.78, 5) is 46.2. The molecular formula is C47H55N7O4. The van der Waals surface area contributed by atoms with Crippen LogP contribution in [0.2, 0.25) is 0 Å². The van der Waals surface area contributed by atoms with Gasteiger partial charge in [-0.15, -0.1) is 0 Å². The predicted octanol–water partition coefficient (Wildman–Crippen LogP) is 6.33. The van der Waals surface area contributed by atoms with Crippen molar-refractivity contribution in [3.8, 4) is 17.0 Å². The van der Waals surface area contributed by atoms with E-state index in [9.17, 15) is 19.5 Å². The number of hydrogen-bond donors (Lipinski definition) is 3. The number of carbonyl (C=O) groups excluding carboxylic acids is 3. The molecule has 9 rings (SSSR count). The van der Waals surface area contributed by atoms with E-state index in [2.05, 4.69) is 71.9 Å². The van der Waals surface area contributed by atoms with Crippen LogP contribution in [0.4, 0.5) is 11.4 Å². The average Bonchev–Trinajstić information content (AvgIpc) is 3.24. The lowest BCUT2D eigenvalue weighted by molar-refractivity contribution is -0.134. The number of aromatic hydroxyl groups is 1. The fourth-order valence-electron chi connectivity index (χ4n) is 10.6. The van der Waals surface area contributed by atoms with Crippen molar-refractivity contribution in [2.24, 2.45) is 5.92 Å². The second-order valence-electron chi connectivity index (χ2n) is 17.5. The summed E-state index contributed by atoms with van der Waals surface area (Å²) in [6, 6.07) is 28.1. The van der Waals surface area contributed by atoms with Gasteiger partial charge < -0.3 is 20.2 Å². The standard InChI is InChI=1S/C47H55N7O4/c55-42-10-5-4-9-40(42)41-29-38(31-48-51-41)53-27-22-47(23-28-53,35-7-2-1-3-8-35)45(58)49-36-19-26-54(46(30-36)20-6-21-46)32-33-17-24-52(25-18-33)37-13-11-34(12-14-37)39-15-16-43(56)50-44(39)57/h1-5,7-14,29,31,33,36,39,55H,6,15-28,30,32H2,(H,49,58)(H,50,56,57)/t36?,39-/m1/s1. The Hall–Kier alpha value is -5.29. The first-order valence-corrected chi connectivity index (χ1v) is 21.4. The second kappa shape index (κ2) is 16.2. The maximum atomic E-state index is 14.7. The number of likely N-dealkylation sites (tertiary alicyclic amines) is 1. The Bertz CT molecular complexity index is 2110. The third kappa shape index (κ3) is 7.56. The monoisotopic (exact) mass is 781 g/mol. The predicted molar refractivity (Wildman–Crippen MR) is 225 cm³/mol. The number of rotatable bonds is 9. The Kier molecular flexibility index (Phi) is 10.7. The van der Waals surface area contributed by atoms with E-state index in [-0.39, 0.29) is 41.0 Å². The molecule has 302 valence electrons. The van der Waals surface area contributed by atoms with Crippen molar-refractivity contribution in [3.05, 3.63) is 102 Å². The lowest BCUT2D eigenvalue weighted by atomic mass is 9.67. The van der Waals surface area contributed by atoms with E-state index >= 15 is 0 Å². The van der Waals surface area contributed by atoms with Crippen molar-refractivity contribution in [2.75, 3.05) is 49.1 Å². The molecule has 4 aliphatic heterocycles. The molecule has 3 aromatic carbocycles. The van der Waals surface area contributed by atoms with Crippen LogP contribution in [0, 0.1) is 5.92 Å². The van der Waals surface area contributed by atoms with Crippen LogP contribution < -0.4 is 20.4 Å². The minimum absolute atomic E-state index is 0.159. The van der Waals surface area contributed by atoms with Gasteiger partial charge in [0, 0.05) is 68.5 Å². The summed E-state index contributed by atoms with van der Waals surface area (Å²) in [5.41, 5.74) is 5.07. The summed E-state index contributed by atoms with van der Waals surface area (Å²) in [6.07, 6.45) is 12.1. The van der Waals surface area contributed by atoms with Crippen LogP contribution in [0.3, 0.4) is 0 Å². The van der Waals surface area contributed by atoms with Crippen LogP contribution in [-0.4, -0.2) is 88.8 Å². The summed E-state index contributed by atoms with van der Waals surface area (Å²) in [5, 5.41) is 25.2. The van der Waals surface area contributed by atoms with Crippen molar-refractivity contribution in [1.29, 1.82) is 0 Å². The van der Waals surface area contributed by atoms with Crippen molar-refractivity contribution in [3.63, 3.8) is 0 Å². The first-order chi connectivity index (χ1) is 28.3. The number of piperidine rings is 4. The van der Waals surface area contributed by atoms with Crippen LogP contribution in [0.1, 0.15) is 87.7 Å². The van der Waals surface area contributed by atoms with Gasteiger partial charge in [-0.25, -0.2) is 0 Å². The molecule has 0 bridgehead atoms. The first-order valence-electron chi connectivity index (χ1n) is 21.4. The van der Waals surface area contributed by atoms with Crippen LogP contribution >= 0.6 is 0 Å². The molecule has 1 saturated carbocycles. The highest BCUT2D eigenvalue weighted by molar-refractivity contribution is 6.01. The molecule has 4 aromatic rings. The van der Waals surface area contributed by atoms with Gasteiger partial charge in [-0.3, -0.25) is 24.6 Å². The third-order valence-electron chi connectivity index (χ3n) is 14.2. The van der Waals surface area contributed by atoms with Gasteiger partial charge in [0.15, 0.2) is 0 Å². The fourth-order valence-corrected chi connectivity index (χ4v) is 10.6. The highest BCUT2D eigenvalue weighted by atomic mass is 16.3. The minimum Gasteiger partial charge on any atom is -0.507 e. The third-order valence-corrected chi connectivity index (χ3v) is 14.2. The molecule has 3 amide bonds. The number of nitrogens with zero attached hydrogens (tertiary/aromatic N) is 5. The number of benzene rings is 3. The van der Waals surface area contributed by atoms with Crippen LogP contribution in [0.25, 0.3) is 11.3 Å². The average molecular weight is 782 g/mol. The smallest absolute Gasteiger partial charge is 0.234 e. The molecule has 1 spiro atoms. The summed E-state index contributed by atoms with van der Waals surface area (Å²) < 4.78 is 0. The molecule has 1 aliphatic carbocycles. The fraction of sp³-hybridized carbons (Fsp3) is 0.468. The Labute approximate surface area is 341 Å². The van der Waals surface area contributed by atoms with Gasteiger partial charge in [-0.2, -0.15) is 10.2 Å². The Morgan fingerprint density at radius 3 is 2.24 bits per heavy atom. The van der Waals surface area contributed by atoms with Crippen molar-refractivity contribution in [1.82, 2.24) is 25.7 Å². The maximum absolute atomic E-state index is 14.7. The van der Waals surface area contributed by atoms with Crippen molar-refractivity contribution < 1.29 is 19.5 Å². The zero-order valence-corrected chi connectivity index (χ0v) is 33.3. The molecule has 5 heterocycles. The van der Waals surface area contributed by atoms with Gasteiger partial charge in [0.1, 0.15) is 5.75 Å². The molecule has 1 aromatic heterocycles. The van der Waals surface area contributed by atoms with E-state index in [1.165, 1.54) is 24.9 Å². The molecular weight excluding hydrogens is 727 g/mol.